The van der Waals surface area contributed by atoms with Crippen molar-refractivity contribution in [3.63, 3.8) is 0 Å². The van der Waals surface area contributed by atoms with Gasteiger partial charge in [-0.1, -0.05) is 30.3 Å². The minimum absolute atomic E-state index is 0.0636. The van der Waals surface area contributed by atoms with Crippen LogP contribution in [0, 0.1) is 0 Å². The fraction of sp³-hybridized carbons (Fsp3) is 0.261. The van der Waals surface area contributed by atoms with E-state index in [0.717, 1.165) is 29.7 Å². The van der Waals surface area contributed by atoms with Crippen LogP contribution in [0.4, 0.5) is 0 Å². The largest absolute Gasteiger partial charge is 0.497 e. The first-order chi connectivity index (χ1) is 14.4. The lowest BCUT2D eigenvalue weighted by Crippen LogP contribution is -2.29. The molecule has 0 unspecified atom stereocenters. The summed E-state index contributed by atoms with van der Waals surface area (Å²) in [5.74, 6) is 0.607. The van der Waals surface area contributed by atoms with E-state index < -0.39 is 10.0 Å². The highest BCUT2D eigenvalue weighted by Crippen LogP contribution is 2.22. The lowest BCUT2D eigenvalue weighted by Gasteiger charge is -2.19. The highest BCUT2D eigenvalue weighted by atomic mass is 32.2. The van der Waals surface area contributed by atoms with Crippen molar-refractivity contribution in [2.45, 2.75) is 30.3 Å². The van der Waals surface area contributed by atoms with Crippen LogP contribution in [0.2, 0.25) is 0 Å². The summed E-state index contributed by atoms with van der Waals surface area (Å²) in [4.78, 5) is 14.5. The molecule has 0 aromatic heterocycles. The number of ether oxygens (including phenoxy) is 1. The molecule has 3 rings (SSSR count). The van der Waals surface area contributed by atoms with Crippen LogP contribution < -0.4 is 9.46 Å². The summed E-state index contributed by atoms with van der Waals surface area (Å²) in [7, 11) is -1.86. The molecule has 0 aliphatic heterocycles. The molecule has 0 radical (unpaired) electrons. The molecule has 1 saturated carbocycles. The number of rotatable bonds is 10. The molecule has 6 nitrogen and oxygen atoms in total. The molecule has 2 aromatic rings. The van der Waals surface area contributed by atoms with Crippen LogP contribution >= 0.6 is 0 Å². The minimum atomic E-state index is -3.47. The van der Waals surface area contributed by atoms with Crippen molar-refractivity contribution in [2.24, 2.45) is 0 Å². The molecule has 0 atom stereocenters. The maximum atomic E-state index is 12.6. The first-order valence-electron chi connectivity index (χ1n) is 9.74. The summed E-state index contributed by atoms with van der Waals surface area (Å²) >= 11 is 0. The standard InChI is InChI=1S/C23H26N2O4S/c1-3-16-25(17-19-4-11-21(29-2)12-5-19)23(26)15-8-18-6-13-22(14-7-18)30(27,28)24-20-9-10-20/h3-8,11-15,20,24H,1,9-10,16-17H2,2H3. The van der Waals surface area contributed by atoms with Crippen LogP contribution in [-0.4, -0.2) is 38.9 Å². The number of benzene rings is 2. The number of nitrogens with zero attached hydrogens (tertiary/aromatic N) is 1. The molecule has 1 aliphatic carbocycles. The first kappa shape index (κ1) is 21.8. The molecule has 1 fully saturated rings. The average molecular weight is 427 g/mol. The maximum absolute atomic E-state index is 12.6. The van der Waals surface area contributed by atoms with Gasteiger partial charge in [0, 0.05) is 25.2 Å². The number of amides is 1. The number of hydrogen-bond acceptors (Lipinski definition) is 4. The monoisotopic (exact) mass is 426 g/mol. The van der Waals surface area contributed by atoms with E-state index in [9.17, 15) is 13.2 Å². The van der Waals surface area contributed by atoms with E-state index >= 15 is 0 Å². The average Bonchev–Trinajstić information content (AvgIpc) is 3.56. The molecular formula is C23H26N2O4S. The lowest BCUT2D eigenvalue weighted by atomic mass is 10.2. The van der Waals surface area contributed by atoms with E-state index in [1.54, 1.807) is 48.4 Å². The number of hydrogen-bond donors (Lipinski definition) is 1. The van der Waals surface area contributed by atoms with E-state index in [4.69, 9.17) is 4.74 Å². The van der Waals surface area contributed by atoms with E-state index in [-0.39, 0.29) is 16.8 Å². The lowest BCUT2D eigenvalue weighted by molar-refractivity contribution is -0.126. The molecule has 0 heterocycles. The van der Waals surface area contributed by atoms with Crippen LogP contribution in [0.15, 0.2) is 72.2 Å². The third kappa shape index (κ3) is 6.05. The van der Waals surface area contributed by atoms with Crippen LogP contribution in [-0.2, 0) is 21.4 Å². The Labute approximate surface area is 177 Å². The zero-order chi connectivity index (χ0) is 21.6. The normalized spacial score (nSPS) is 13.9. The zero-order valence-electron chi connectivity index (χ0n) is 17.0. The number of methoxy groups -OCH3 is 1. The third-order valence-electron chi connectivity index (χ3n) is 4.70. The van der Waals surface area contributed by atoms with Crippen molar-refractivity contribution in [3.8, 4) is 5.75 Å². The van der Waals surface area contributed by atoms with Crippen LogP contribution in [0.3, 0.4) is 0 Å². The van der Waals surface area contributed by atoms with Gasteiger partial charge in [-0.15, -0.1) is 6.58 Å². The second-order valence-corrected chi connectivity index (χ2v) is 8.87. The third-order valence-corrected chi connectivity index (χ3v) is 6.24. The van der Waals surface area contributed by atoms with Crippen molar-refractivity contribution in [2.75, 3.05) is 13.7 Å². The second kappa shape index (κ2) is 9.73. The topological polar surface area (TPSA) is 75.7 Å². The Morgan fingerprint density at radius 3 is 2.40 bits per heavy atom. The number of sulfonamides is 1. The summed E-state index contributed by atoms with van der Waals surface area (Å²) in [6, 6.07) is 14.1. The van der Waals surface area contributed by atoms with Crippen molar-refractivity contribution < 1.29 is 17.9 Å². The van der Waals surface area contributed by atoms with Gasteiger partial charge in [-0.3, -0.25) is 4.79 Å². The highest BCUT2D eigenvalue weighted by molar-refractivity contribution is 7.89. The van der Waals surface area contributed by atoms with Crippen molar-refractivity contribution >= 4 is 22.0 Å². The Hall–Kier alpha value is -2.90. The van der Waals surface area contributed by atoms with Gasteiger partial charge in [0.05, 0.1) is 12.0 Å². The van der Waals surface area contributed by atoms with Gasteiger partial charge in [0.2, 0.25) is 15.9 Å². The number of carbonyl (C=O) groups is 1. The van der Waals surface area contributed by atoms with Gasteiger partial charge in [0.1, 0.15) is 5.75 Å². The van der Waals surface area contributed by atoms with Crippen LogP contribution in [0.1, 0.15) is 24.0 Å². The Morgan fingerprint density at radius 2 is 1.83 bits per heavy atom. The second-order valence-electron chi connectivity index (χ2n) is 7.15. The Balaban J connectivity index is 1.64. The summed E-state index contributed by atoms with van der Waals surface area (Å²) < 4.78 is 32.3. The van der Waals surface area contributed by atoms with Gasteiger partial charge < -0.3 is 9.64 Å². The van der Waals surface area contributed by atoms with Gasteiger partial charge in [-0.25, -0.2) is 13.1 Å². The van der Waals surface area contributed by atoms with Gasteiger partial charge in [0.15, 0.2) is 0 Å². The van der Waals surface area contributed by atoms with E-state index in [1.807, 2.05) is 24.3 Å². The Bertz CT molecular complexity index is 1010. The molecule has 7 heteroatoms. The maximum Gasteiger partial charge on any atom is 0.247 e. The van der Waals surface area contributed by atoms with Gasteiger partial charge >= 0.3 is 0 Å². The summed E-state index contributed by atoms with van der Waals surface area (Å²) in [5.41, 5.74) is 1.73. The Kier molecular flexibility index (Phi) is 7.07. The molecule has 2 aromatic carbocycles. The molecule has 0 spiro atoms. The van der Waals surface area contributed by atoms with Gasteiger partial charge in [-0.05, 0) is 54.3 Å². The van der Waals surface area contributed by atoms with Gasteiger partial charge in [0.25, 0.3) is 0 Å². The molecule has 0 bridgehead atoms. The van der Waals surface area contributed by atoms with Crippen molar-refractivity contribution in [1.29, 1.82) is 0 Å². The van der Waals surface area contributed by atoms with Crippen LogP contribution in [0.25, 0.3) is 6.08 Å². The number of carbonyl (C=O) groups excluding carboxylic acids is 1. The van der Waals surface area contributed by atoms with Crippen molar-refractivity contribution in [3.05, 3.63) is 78.4 Å². The predicted molar refractivity (Wildman–Crippen MR) is 117 cm³/mol. The predicted octanol–water partition coefficient (Wildman–Crippen LogP) is 3.36. The molecule has 1 N–H and O–H groups in total. The summed E-state index contributed by atoms with van der Waals surface area (Å²) in [6.45, 7) is 4.59. The zero-order valence-corrected chi connectivity index (χ0v) is 17.8. The fourth-order valence-corrected chi connectivity index (χ4v) is 4.16. The van der Waals surface area contributed by atoms with Crippen molar-refractivity contribution in [1.82, 2.24) is 9.62 Å². The molecule has 158 valence electrons. The number of nitrogens with one attached hydrogen (secondary N) is 1. The Morgan fingerprint density at radius 1 is 1.17 bits per heavy atom. The van der Waals surface area contributed by atoms with E-state index in [0.29, 0.717) is 13.1 Å². The minimum Gasteiger partial charge on any atom is -0.497 e. The molecular weight excluding hydrogens is 400 g/mol. The summed E-state index contributed by atoms with van der Waals surface area (Å²) in [5, 5.41) is 0. The molecule has 1 amide bonds. The SMILES string of the molecule is C=CCN(Cc1ccc(OC)cc1)C(=O)C=Cc1ccc(S(=O)(=O)NC2CC2)cc1. The summed E-state index contributed by atoms with van der Waals surface area (Å²) in [6.07, 6.45) is 6.62. The highest BCUT2D eigenvalue weighted by Gasteiger charge is 2.27. The molecule has 30 heavy (non-hydrogen) atoms. The molecule has 0 saturated heterocycles. The van der Waals surface area contributed by atoms with Gasteiger partial charge in [-0.2, -0.15) is 0 Å². The molecule has 1 aliphatic rings. The fourth-order valence-electron chi connectivity index (χ4n) is 2.86. The smallest absolute Gasteiger partial charge is 0.247 e. The first-order valence-corrected chi connectivity index (χ1v) is 11.2. The van der Waals surface area contributed by atoms with Crippen LogP contribution in [0.5, 0.6) is 5.75 Å². The quantitative estimate of drug-likeness (QED) is 0.467. The van der Waals surface area contributed by atoms with E-state index in [2.05, 4.69) is 11.3 Å². The van der Waals surface area contributed by atoms with E-state index in [1.165, 1.54) is 6.08 Å².